The molecule has 0 amide bonds. The number of carboxylic acid groups (broad SMARTS) is 1. The highest BCUT2D eigenvalue weighted by molar-refractivity contribution is 7.79. The third-order valence-corrected chi connectivity index (χ3v) is 3.94. The summed E-state index contributed by atoms with van der Waals surface area (Å²) >= 11 is -2.19. The summed E-state index contributed by atoms with van der Waals surface area (Å²) in [6, 6.07) is 7.08. The number of carboxylic acids is 1. The lowest BCUT2D eigenvalue weighted by Gasteiger charge is -2.21. The Labute approximate surface area is 109 Å². The van der Waals surface area contributed by atoms with Gasteiger partial charge in [-0.25, -0.2) is 4.21 Å². The summed E-state index contributed by atoms with van der Waals surface area (Å²) in [7, 11) is 0. The molecular weight excluding hydrogens is 252 g/mol. The summed E-state index contributed by atoms with van der Waals surface area (Å²) in [6.45, 7) is 3.78. The van der Waals surface area contributed by atoms with Crippen molar-refractivity contribution in [3.8, 4) is 0 Å². The molecule has 0 heterocycles. The molecule has 18 heavy (non-hydrogen) atoms. The summed E-state index contributed by atoms with van der Waals surface area (Å²) < 4.78 is 20.8. The van der Waals surface area contributed by atoms with E-state index in [-0.39, 0.29) is 0 Å². The molecule has 0 aliphatic heterocycles. The summed E-state index contributed by atoms with van der Waals surface area (Å²) in [4.78, 5) is 11.2. The quantitative estimate of drug-likeness (QED) is 0.779. The maximum atomic E-state index is 11.5. The first-order valence-electron chi connectivity index (χ1n) is 5.86. The summed E-state index contributed by atoms with van der Waals surface area (Å²) in [5, 5.41) is 8.32. The van der Waals surface area contributed by atoms with E-state index in [4.69, 9.17) is 0 Å². The molecule has 4 nitrogen and oxygen atoms in total. The Hall–Kier alpha value is -1.20. The second kappa shape index (κ2) is 6.66. The monoisotopic (exact) mass is 270 g/mol. The fourth-order valence-electron chi connectivity index (χ4n) is 1.96. The van der Waals surface area contributed by atoms with Crippen molar-refractivity contribution in [3.63, 3.8) is 0 Å². The Balaban J connectivity index is 3.11. The molecule has 0 aromatic heterocycles. The second-order valence-electron chi connectivity index (χ2n) is 4.34. The fraction of sp³-hybridized carbons (Fsp3) is 0.462. The lowest BCUT2D eigenvalue weighted by atomic mass is 9.94. The van der Waals surface area contributed by atoms with E-state index in [1.165, 1.54) is 0 Å². The van der Waals surface area contributed by atoms with Crippen LogP contribution in [0, 0.1) is 12.8 Å². The van der Waals surface area contributed by atoms with Crippen molar-refractivity contribution in [2.75, 3.05) is 0 Å². The van der Waals surface area contributed by atoms with Crippen LogP contribution >= 0.6 is 0 Å². The zero-order valence-electron chi connectivity index (χ0n) is 10.5. The number of aliphatic carboxylic acids is 1. The van der Waals surface area contributed by atoms with E-state index in [0.717, 1.165) is 5.56 Å². The van der Waals surface area contributed by atoms with Crippen LogP contribution in [-0.2, 0) is 15.9 Å². The molecule has 3 unspecified atom stereocenters. The lowest BCUT2D eigenvalue weighted by Crippen LogP contribution is -2.25. The molecule has 1 aromatic rings. The van der Waals surface area contributed by atoms with E-state index in [1.54, 1.807) is 12.1 Å². The molecule has 1 rings (SSSR count). The molecule has 0 bridgehead atoms. The number of hydrogen-bond acceptors (Lipinski definition) is 2. The first-order chi connectivity index (χ1) is 8.47. The van der Waals surface area contributed by atoms with E-state index >= 15 is 0 Å². The van der Waals surface area contributed by atoms with Gasteiger partial charge in [0.25, 0.3) is 0 Å². The predicted octanol–water partition coefficient (Wildman–Crippen LogP) is 2.76. The van der Waals surface area contributed by atoms with Crippen LogP contribution in [0.4, 0.5) is 0 Å². The van der Waals surface area contributed by atoms with Gasteiger partial charge in [0.2, 0.25) is 0 Å². The Bertz CT molecular complexity index is 427. The largest absolute Gasteiger partial charge is 0.481 e. The van der Waals surface area contributed by atoms with Crippen LogP contribution in [0.2, 0.25) is 0 Å². The van der Waals surface area contributed by atoms with Gasteiger partial charge in [-0.3, -0.25) is 4.79 Å². The van der Waals surface area contributed by atoms with E-state index in [0.29, 0.717) is 18.4 Å². The summed E-state index contributed by atoms with van der Waals surface area (Å²) in [5.74, 6) is -1.85. The van der Waals surface area contributed by atoms with Gasteiger partial charge in [0, 0.05) is 0 Å². The van der Waals surface area contributed by atoms with Crippen molar-refractivity contribution >= 4 is 17.0 Å². The number of carbonyl (C=O) groups is 1. The molecule has 1 aromatic carbocycles. The summed E-state index contributed by atoms with van der Waals surface area (Å²) in [6.07, 6.45) is 1.05. The van der Waals surface area contributed by atoms with Gasteiger partial charge in [-0.2, -0.15) is 0 Å². The maximum absolute atomic E-state index is 11.5. The molecule has 5 heteroatoms. The van der Waals surface area contributed by atoms with Crippen LogP contribution in [0.15, 0.2) is 24.3 Å². The van der Waals surface area contributed by atoms with Gasteiger partial charge < -0.3 is 9.66 Å². The van der Waals surface area contributed by atoms with Gasteiger partial charge in [-0.1, -0.05) is 43.2 Å². The molecule has 0 aliphatic rings. The number of rotatable bonds is 6. The standard InChI is InChI=1S/C13H18O4S/c1-3-4-11(13(14)15)12(18(16)17)10-7-5-9(2)6-8-10/h5-8,11-12H,3-4H2,1-2H3,(H,14,15)(H,16,17). The first kappa shape index (κ1) is 14.9. The summed E-state index contributed by atoms with van der Waals surface area (Å²) in [5.41, 5.74) is 1.63. The van der Waals surface area contributed by atoms with Crippen molar-refractivity contribution in [1.82, 2.24) is 0 Å². The van der Waals surface area contributed by atoms with Crippen molar-refractivity contribution in [2.24, 2.45) is 5.92 Å². The van der Waals surface area contributed by atoms with E-state index < -0.39 is 28.2 Å². The van der Waals surface area contributed by atoms with Crippen LogP contribution < -0.4 is 0 Å². The highest BCUT2D eigenvalue weighted by Crippen LogP contribution is 2.31. The Morgan fingerprint density at radius 2 is 1.89 bits per heavy atom. The first-order valence-corrected chi connectivity index (χ1v) is 7.03. The van der Waals surface area contributed by atoms with Gasteiger partial charge in [0.1, 0.15) is 0 Å². The molecule has 100 valence electrons. The van der Waals surface area contributed by atoms with Gasteiger partial charge in [0.05, 0.1) is 11.2 Å². The van der Waals surface area contributed by atoms with Crippen LogP contribution in [0.5, 0.6) is 0 Å². The molecule has 0 spiro atoms. The SMILES string of the molecule is CCCC(C(=O)O)C(c1ccc(C)cc1)S(=O)O. The average Bonchev–Trinajstić information content (AvgIpc) is 2.30. The van der Waals surface area contributed by atoms with E-state index in [9.17, 15) is 18.7 Å². The smallest absolute Gasteiger partial charge is 0.308 e. The normalized spacial score (nSPS) is 15.9. The van der Waals surface area contributed by atoms with Gasteiger partial charge in [-0.05, 0) is 18.9 Å². The third-order valence-electron chi connectivity index (χ3n) is 2.91. The van der Waals surface area contributed by atoms with Crippen LogP contribution in [0.3, 0.4) is 0 Å². The van der Waals surface area contributed by atoms with Crippen molar-refractivity contribution in [3.05, 3.63) is 35.4 Å². The van der Waals surface area contributed by atoms with Gasteiger partial charge in [0.15, 0.2) is 11.1 Å². The topological polar surface area (TPSA) is 74.6 Å². The van der Waals surface area contributed by atoms with Crippen molar-refractivity contribution < 1.29 is 18.7 Å². The van der Waals surface area contributed by atoms with Crippen LogP contribution in [-0.4, -0.2) is 19.8 Å². The zero-order valence-corrected chi connectivity index (χ0v) is 11.3. The van der Waals surface area contributed by atoms with Crippen LogP contribution in [0.1, 0.15) is 36.1 Å². The highest BCUT2D eigenvalue weighted by atomic mass is 32.2. The zero-order chi connectivity index (χ0) is 13.7. The van der Waals surface area contributed by atoms with Gasteiger partial charge in [-0.15, -0.1) is 0 Å². The predicted molar refractivity (Wildman–Crippen MR) is 70.7 cm³/mol. The lowest BCUT2D eigenvalue weighted by molar-refractivity contribution is -0.142. The molecule has 0 aliphatic carbocycles. The minimum atomic E-state index is -2.19. The van der Waals surface area contributed by atoms with E-state index in [1.807, 2.05) is 26.0 Å². The van der Waals surface area contributed by atoms with Crippen LogP contribution in [0.25, 0.3) is 0 Å². The fourth-order valence-corrected chi connectivity index (χ4v) is 2.88. The third kappa shape index (κ3) is 3.65. The molecule has 0 saturated heterocycles. The Morgan fingerprint density at radius 3 is 2.28 bits per heavy atom. The molecule has 0 saturated carbocycles. The van der Waals surface area contributed by atoms with Crippen molar-refractivity contribution in [2.45, 2.75) is 31.9 Å². The molecule has 2 N–H and O–H groups in total. The average molecular weight is 270 g/mol. The maximum Gasteiger partial charge on any atom is 0.308 e. The molecule has 0 fully saturated rings. The Kier molecular flexibility index (Phi) is 5.50. The molecular formula is C13H18O4S. The van der Waals surface area contributed by atoms with Gasteiger partial charge >= 0.3 is 5.97 Å². The Morgan fingerprint density at radius 1 is 1.33 bits per heavy atom. The molecule has 0 radical (unpaired) electrons. The number of benzene rings is 1. The molecule has 3 atom stereocenters. The number of aryl methyl sites for hydroxylation is 1. The highest BCUT2D eigenvalue weighted by Gasteiger charge is 2.33. The second-order valence-corrected chi connectivity index (χ2v) is 5.40. The number of hydrogen-bond donors (Lipinski definition) is 2. The minimum Gasteiger partial charge on any atom is -0.481 e. The van der Waals surface area contributed by atoms with E-state index in [2.05, 4.69) is 0 Å². The minimum absolute atomic E-state index is 0.389. The van der Waals surface area contributed by atoms with Crippen molar-refractivity contribution in [1.29, 1.82) is 0 Å².